The number of nitrogens with zero attached hydrogens (tertiary/aromatic N) is 2. The Morgan fingerprint density at radius 2 is 1.76 bits per heavy atom. The minimum Gasteiger partial charge on any atom is -0.493 e. The van der Waals surface area contributed by atoms with Gasteiger partial charge >= 0.3 is 0 Å². The fourth-order valence-electron chi connectivity index (χ4n) is 7.43. The number of carbonyl (C=O) groups is 3. The first-order chi connectivity index (χ1) is 18.9. The molecule has 11 heteroatoms. The topological polar surface area (TPSA) is 103 Å². The average Bonchev–Trinajstić information content (AvgIpc) is 3.65. The van der Waals surface area contributed by atoms with Crippen LogP contribution < -0.4 is 20.7 Å². The zero-order valence-electron chi connectivity index (χ0n) is 24.1. The molecular formula is C30H45Cl2N5O4. The van der Waals surface area contributed by atoms with E-state index in [1.165, 1.54) is 12.8 Å². The maximum Gasteiger partial charge on any atom is 0.246 e. The molecule has 1 aromatic carbocycles. The van der Waals surface area contributed by atoms with Gasteiger partial charge in [0, 0.05) is 37.2 Å². The van der Waals surface area contributed by atoms with Crippen molar-refractivity contribution in [3.8, 4) is 5.75 Å². The zero-order chi connectivity index (χ0) is 27.1. The van der Waals surface area contributed by atoms with E-state index in [1.807, 2.05) is 36.1 Å². The van der Waals surface area contributed by atoms with Crippen LogP contribution in [0.1, 0.15) is 69.9 Å². The molecule has 1 aromatic rings. The molecule has 3 heterocycles. The van der Waals surface area contributed by atoms with Crippen molar-refractivity contribution in [2.24, 2.45) is 11.8 Å². The molecule has 0 unspecified atom stereocenters. The van der Waals surface area contributed by atoms with E-state index >= 15 is 0 Å². The summed E-state index contributed by atoms with van der Waals surface area (Å²) in [6.45, 7) is 3.47. The van der Waals surface area contributed by atoms with Crippen molar-refractivity contribution >= 4 is 42.5 Å². The highest BCUT2D eigenvalue weighted by Crippen LogP contribution is 2.49. The maximum atomic E-state index is 14.4. The summed E-state index contributed by atoms with van der Waals surface area (Å²) < 4.78 is 5.81. The lowest BCUT2D eigenvalue weighted by atomic mass is 9.82. The van der Waals surface area contributed by atoms with Crippen LogP contribution in [0.2, 0.25) is 0 Å². The first kappa shape index (κ1) is 31.9. The van der Waals surface area contributed by atoms with E-state index in [0.717, 1.165) is 43.4 Å². The summed E-state index contributed by atoms with van der Waals surface area (Å²) in [5.74, 6) is 1.24. The van der Waals surface area contributed by atoms with Crippen LogP contribution in [0.5, 0.6) is 5.75 Å². The zero-order valence-corrected chi connectivity index (χ0v) is 25.7. The molecule has 3 aliphatic heterocycles. The highest BCUT2D eigenvalue weighted by Gasteiger charge is 2.56. The second-order valence-corrected chi connectivity index (χ2v) is 12.3. The molecule has 0 bridgehead atoms. The van der Waals surface area contributed by atoms with Gasteiger partial charge in [-0.3, -0.25) is 19.3 Å². The first-order valence-corrected chi connectivity index (χ1v) is 15.0. The minimum absolute atomic E-state index is 0. The molecular weight excluding hydrogens is 565 g/mol. The van der Waals surface area contributed by atoms with Gasteiger partial charge in [-0.1, -0.05) is 37.5 Å². The number of piperazine rings is 1. The predicted octanol–water partition coefficient (Wildman–Crippen LogP) is 2.82. The first-order valence-electron chi connectivity index (χ1n) is 15.0. The molecule has 5 aliphatic rings. The predicted molar refractivity (Wildman–Crippen MR) is 161 cm³/mol. The number of piperidine rings is 1. The van der Waals surface area contributed by atoms with Crippen molar-refractivity contribution < 1.29 is 19.1 Å². The van der Waals surface area contributed by atoms with Crippen LogP contribution in [-0.2, 0) is 14.4 Å². The van der Waals surface area contributed by atoms with Crippen molar-refractivity contribution in [1.82, 2.24) is 25.8 Å². The largest absolute Gasteiger partial charge is 0.493 e. The van der Waals surface area contributed by atoms with Gasteiger partial charge in [-0.25, -0.2) is 0 Å². The number of ether oxygens (including phenoxy) is 1. The number of amides is 3. The lowest BCUT2D eigenvalue weighted by Crippen LogP contribution is -2.67. The van der Waals surface area contributed by atoms with Crippen LogP contribution in [0.25, 0.3) is 0 Å². The van der Waals surface area contributed by atoms with E-state index in [1.54, 1.807) is 7.05 Å². The monoisotopic (exact) mass is 609 g/mol. The molecule has 0 radical (unpaired) electrons. The number of hydrogen-bond acceptors (Lipinski definition) is 6. The molecule has 7 atom stereocenters. The molecule has 4 fully saturated rings. The van der Waals surface area contributed by atoms with Crippen LogP contribution in [0, 0.1) is 11.8 Å². The fraction of sp³-hybridized carbons (Fsp3) is 0.700. The molecule has 3 N–H and O–H groups in total. The lowest BCUT2D eigenvalue weighted by molar-refractivity contribution is -0.150. The van der Waals surface area contributed by atoms with Gasteiger partial charge in [0.25, 0.3) is 0 Å². The van der Waals surface area contributed by atoms with E-state index in [0.29, 0.717) is 44.1 Å². The second kappa shape index (κ2) is 13.5. The molecule has 2 saturated carbocycles. The Bertz CT molecular complexity index is 1100. The van der Waals surface area contributed by atoms with Crippen molar-refractivity contribution in [3.05, 3.63) is 29.8 Å². The van der Waals surface area contributed by atoms with Gasteiger partial charge in [0.2, 0.25) is 17.7 Å². The van der Waals surface area contributed by atoms with Crippen molar-refractivity contribution in [1.29, 1.82) is 0 Å². The van der Waals surface area contributed by atoms with E-state index in [4.69, 9.17) is 4.74 Å². The van der Waals surface area contributed by atoms with Crippen LogP contribution in [-0.4, -0.2) is 84.5 Å². The van der Waals surface area contributed by atoms with Gasteiger partial charge in [0.1, 0.15) is 17.8 Å². The Hall–Kier alpha value is -2.07. The van der Waals surface area contributed by atoms with E-state index < -0.39 is 18.1 Å². The number of hydrogen-bond donors (Lipinski definition) is 3. The number of benzene rings is 1. The Kier molecular flexibility index (Phi) is 10.5. The van der Waals surface area contributed by atoms with Gasteiger partial charge in [0.05, 0.1) is 18.7 Å². The summed E-state index contributed by atoms with van der Waals surface area (Å²) in [6, 6.07) is 6.99. The Morgan fingerprint density at radius 1 is 1.00 bits per heavy atom. The van der Waals surface area contributed by atoms with Gasteiger partial charge in [0.15, 0.2) is 0 Å². The van der Waals surface area contributed by atoms with Crippen LogP contribution in [0.15, 0.2) is 24.3 Å². The van der Waals surface area contributed by atoms with Crippen molar-refractivity contribution in [2.75, 3.05) is 26.7 Å². The van der Waals surface area contributed by atoms with Gasteiger partial charge < -0.3 is 25.6 Å². The fourth-order valence-corrected chi connectivity index (χ4v) is 7.43. The Labute approximate surface area is 255 Å². The van der Waals surface area contributed by atoms with Crippen LogP contribution in [0.4, 0.5) is 0 Å². The number of rotatable bonds is 7. The van der Waals surface area contributed by atoms with Crippen LogP contribution in [0.3, 0.4) is 0 Å². The summed E-state index contributed by atoms with van der Waals surface area (Å²) in [5, 5.41) is 9.39. The Morgan fingerprint density at radius 3 is 2.51 bits per heavy atom. The number of fused-ring (bicyclic) bond motifs is 4. The molecule has 0 spiro atoms. The van der Waals surface area contributed by atoms with E-state index in [-0.39, 0.29) is 54.5 Å². The smallest absolute Gasteiger partial charge is 0.246 e. The number of nitrogens with one attached hydrogen (secondary N) is 3. The number of halogens is 2. The molecule has 41 heavy (non-hydrogen) atoms. The number of likely N-dealkylation sites (N-methyl/N-ethyl adjacent to an activating group) is 1. The third-order valence-corrected chi connectivity index (χ3v) is 9.89. The molecule has 6 rings (SSSR count). The van der Waals surface area contributed by atoms with Crippen LogP contribution >= 0.6 is 24.8 Å². The molecule has 2 aliphatic carbocycles. The second-order valence-electron chi connectivity index (χ2n) is 12.3. The number of carbonyl (C=O) groups excluding carboxylic acids is 3. The summed E-state index contributed by atoms with van der Waals surface area (Å²) in [6.07, 6.45) is 8.14. The lowest BCUT2D eigenvalue weighted by Gasteiger charge is -2.46. The highest BCUT2D eigenvalue weighted by molar-refractivity contribution is 5.93. The van der Waals surface area contributed by atoms with Gasteiger partial charge in [-0.2, -0.15) is 0 Å². The van der Waals surface area contributed by atoms with Gasteiger partial charge in [-0.05, 0) is 57.6 Å². The number of para-hydroxylation sites is 1. The molecule has 0 aromatic heterocycles. The van der Waals surface area contributed by atoms with Crippen molar-refractivity contribution in [3.63, 3.8) is 0 Å². The minimum atomic E-state index is -0.602. The quantitative estimate of drug-likeness (QED) is 0.439. The molecule has 3 amide bonds. The molecule has 2 saturated heterocycles. The summed E-state index contributed by atoms with van der Waals surface area (Å²) >= 11 is 0. The average molecular weight is 611 g/mol. The van der Waals surface area contributed by atoms with E-state index in [9.17, 15) is 14.4 Å². The summed E-state index contributed by atoms with van der Waals surface area (Å²) in [4.78, 5) is 45.7. The SMILES string of the molecule is CN[C@@H](C)C(=O)N[C@H](C(=O)N1C[C@H]2C[C@@H]3C[C@@H]3N2C[C@H]1C(=O)N[C@@H]1CCOc2ccccc21)C1CCCCC1.Cl.Cl. The van der Waals surface area contributed by atoms with Gasteiger partial charge in [-0.15, -0.1) is 24.8 Å². The Balaban J connectivity index is 0.00000194. The maximum absolute atomic E-state index is 14.4. The van der Waals surface area contributed by atoms with E-state index in [2.05, 4.69) is 20.9 Å². The third kappa shape index (κ3) is 6.48. The van der Waals surface area contributed by atoms with Crippen molar-refractivity contribution in [2.45, 2.75) is 94.5 Å². The molecule has 228 valence electrons. The normalized spacial score (nSPS) is 30.1. The summed E-state index contributed by atoms with van der Waals surface area (Å²) in [5.41, 5.74) is 0.987. The highest BCUT2D eigenvalue weighted by atomic mass is 35.5. The third-order valence-electron chi connectivity index (χ3n) is 9.89. The summed E-state index contributed by atoms with van der Waals surface area (Å²) in [7, 11) is 1.75. The molecule has 9 nitrogen and oxygen atoms in total. The standard InChI is InChI=1S/C30H43N5O4.2ClH/c1-18(31-2)28(36)33-27(19-8-4-3-5-9-19)30(38)35-16-21-14-20-15-24(20)34(21)17-25(35)29(37)32-23-12-13-39-26-11-7-6-10-22(23)26;;/h6-7,10-11,18-21,23-25,27,31H,3-5,8-9,12-17H2,1-2H3,(H,32,37)(H,33,36);2*1H/t18-,20+,21+,23+,24-,25-,27-;;/m0../s1.